The molecule has 10 heteroatoms. The number of nitrogens with two attached hydrogens (primary N) is 1. The van der Waals surface area contributed by atoms with Crippen LogP contribution in [0.3, 0.4) is 0 Å². The first-order chi connectivity index (χ1) is 14.9. The Kier molecular flexibility index (Phi) is 4.82. The summed E-state index contributed by atoms with van der Waals surface area (Å²) in [7, 11) is 0. The zero-order chi connectivity index (χ0) is 21.7. The van der Waals surface area contributed by atoms with Crippen molar-refractivity contribution in [3.05, 3.63) is 81.4 Å². The number of halogens is 3. The van der Waals surface area contributed by atoms with Gasteiger partial charge in [-0.15, -0.1) is 0 Å². The SMILES string of the molecule is CC(c1nc2ccc(F)cc2cc1-c1cncc(F)c1)N1NC(I)=C2C1=CN=CN2N. The Morgan fingerprint density at radius 2 is 1.97 bits per heavy atom. The van der Waals surface area contributed by atoms with Crippen LogP contribution >= 0.6 is 22.6 Å². The van der Waals surface area contributed by atoms with Crippen LogP contribution in [0, 0.1) is 11.6 Å². The van der Waals surface area contributed by atoms with E-state index in [1.807, 2.05) is 18.0 Å². The molecule has 0 saturated carbocycles. The first-order valence-corrected chi connectivity index (χ1v) is 10.4. The molecule has 3 aromatic rings. The van der Waals surface area contributed by atoms with Crippen molar-refractivity contribution in [3.63, 3.8) is 0 Å². The van der Waals surface area contributed by atoms with E-state index in [1.54, 1.807) is 18.5 Å². The minimum absolute atomic E-state index is 0.303. The fourth-order valence-corrected chi connectivity index (χ4v) is 4.56. The van der Waals surface area contributed by atoms with Crippen molar-refractivity contribution in [3.8, 4) is 11.1 Å². The molecule has 4 heterocycles. The zero-order valence-electron chi connectivity index (χ0n) is 16.2. The molecule has 0 amide bonds. The molecule has 1 atom stereocenters. The molecule has 0 aliphatic carbocycles. The highest BCUT2D eigenvalue weighted by Crippen LogP contribution is 2.39. The third kappa shape index (κ3) is 3.41. The molecule has 3 N–H and O–H groups in total. The molecule has 7 nitrogen and oxygen atoms in total. The number of hydrogen-bond donors (Lipinski definition) is 2. The zero-order valence-corrected chi connectivity index (χ0v) is 18.4. The van der Waals surface area contributed by atoms with Crippen molar-refractivity contribution < 1.29 is 8.78 Å². The molecule has 2 aliphatic rings. The Balaban J connectivity index is 1.67. The standard InChI is InChI=1S/C21H16F2IN7/c1-11(31-18-9-27-10-30(25)20(18)21(24)29-31)19-16(13-5-15(23)8-26-7-13)6-12-4-14(22)2-3-17(12)28-19/h2-11,29H,25H2,1H3. The first kappa shape index (κ1) is 19.8. The normalized spacial score (nSPS) is 16.5. The maximum absolute atomic E-state index is 14.0. The minimum Gasteiger partial charge on any atom is -0.290 e. The summed E-state index contributed by atoms with van der Waals surface area (Å²) in [6.45, 7) is 1.97. The van der Waals surface area contributed by atoms with Gasteiger partial charge in [-0.1, -0.05) is 0 Å². The lowest BCUT2D eigenvalue weighted by molar-refractivity contribution is 0.232. The second-order valence-corrected chi connectivity index (χ2v) is 8.24. The summed E-state index contributed by atoms with van der Waals surface area (Å²) in [5, 5.41) is 3.97. The summed E-state index contributed by atoms with van der Waals surface area (Å²) in [5.74, 6) is 5.22. The van der Waals surface area contributed by atoms with Crippen molar-refractivity contribution in [2.45, 2.75) is 13.0 Å². The number of rotatable bonds is 3. The van der Waals surface area contributed by atoms with Gasteiger partial charge < -0.3 is 0 Å². The Hall–Kier alpha value is -3.12. The topological polar surface area (TPSA) is 82.7 Å². The molecular formula is C21H16F2IN7. The largest absolute Gasteiger partial charge is 0.290 e. The first-order valence-electron chi connectivity index (χ1n) is 9.37. The van der Waals surface area contributed by atoms with Crippen LogP contribution in [-0.2, 0) is 0 Å². The third-order valence-corrected chi connectivity index (χ3v) is 5.93. The monoisotopic (exact) mass is 531 g/mol. The van der Waals surface area contributed by atoms with Crippen molar-refractivity contribution in [2.24, 2.45) is 10.8 Å². The molecule has 0 radical (unpaired) electrons. The number of aliphatic imine (C=N–C) groups is 1. The highest BCUT2D eigenvalue weighted by Gasteiger charge is 2.34. The van der Waals surface area contributed by atoms with Gasteiger partial charge in [-0.2, -0.15) is 0 Å². The second-order valence-electron chi connectivity index (χ2n) is 7.16. The number of nitrogens with zero attached hydrogens (tertiary/aromatic N) is 5. The maximum Gasteiger partial charge on any atom is 0.142 e. The summed E-state index contributed by atoms with van der Waals surface area (Å²) in [5.41, 5.74) is 7.40. The second kappa shape index (κ2) is 7.54. The van der Waals surface area contributed by atoms with Gasteiger partial charge in [-0.05, 0) is 59.8 Å². The van der Waals surface area contributed by atoms with Gasteiger partial charge in [-0.3, -0.25) is 20.4 Å². The van der Waals surface area contributed by atoms with Crippen LogP contribution in [0.2, 0.25) is 0 Å². The summed E-state index contributed by atoms with van der Waals surface area (Å²) in [4.78, 5) is 13.0. The fourth-order valence-electron chi connectivity index (χ4n) is 3.75. The van der Waals surface area contributed by atoms with E-state index in [4.69, 9.17) is 10.8 Å². The van der Waals surface area contributed by atoms with E-state index in [-0.39, 0.29) is 11.9 Å². The van der Waals surface area contributed by atoms with Crippen LogP contribution in [0.1, 0.15) is 18.7 Å². The molecule has 156 valence electrons. The van der Waals surface area contributed by atoms with Crippen molar-refractivity contribution in [1.29, 1.82) is 0 Å². The van der Waals surface area contributed by atoms with Crippen molar-refractivity contribution >= 4 is 39.8 Å². The van der Waals surface area contributed by atoms with Gasteiger partial charge in [-0.25, -0.2) is 24.6 Å². The molecule has 1 aromatic carbocycles. The molecule has 31 heavy (non-hydrogen) atoms. The van der Waals surface area contributed by atoms with Gasteiger partial charge >= 0.3 is 0 Å². The van der Waals surface area contributed by atoms with E-state index in [1.165, 1.54) is 29.5 Å². The van der Waals surface area contributed by atoms with Crippen LogP contribution < -0.4 is 11.3 Å². The van der Waals surface area contributed by atoms with Gasteiger partial charge in [0.05, 0.1) is 29.6 Å². The fraction of sp³-hybridized carbons (Fsp3) is 0.0952. The number of aromatic nitrogens is 2. The number of fused-ring (bicyclic) bond motifs is 2. The van der Waals surface area contributed by atoms with Crippen LogP contribution in [0.15, 0.2) is 69.0 Å². The van der Waals surface area contributed by atoms with Crippen LogP contribution in [0.4, 0.5) is 8.78 Å². The molecule has 2 aromatic heterocycles. The molecule has 0 spiro atoms. The van der Waals surface area contributed by atoms with Crippen LogP contribution in [0.5, 0.6) is 0 Å². The van der Waals surface area contributed by atoms with E-state index < -0.39 is 5.82 Å². The van der Waals surface area contributed by atoms with Crippen LogP contribution in [-0.4, -0.2) is 26.3 Å². The van der Waals surface area contributed by atoms with Gasteiger partial charge in [0.25, 0.3) is 0 Å². The molecular weight excluding hydrogens is 515 g/mol. The minimum atomic E-state index is -0.462. The average molecular weight is 531 g/mol. The Bertz CT molecular complexity index is 1300. The van der Waals surface area contributed by atoms with Crippen molar-refractivity contribution in [1.82, 2.24) is 25.4 Å². The van der Waals surface area contributed by atoms with Gasteiger partial charge in [0.15, 0.2) is 0 Å². The quantitative estimate of drug-likeness (QED) is 0.301. The molecule has 0 saturated heterocycles. The summed E-state index contributed by atoms with van der Waals surface area (Å²) < 4.78 is 28.6. The lowest BCUT2D eigenvalue weighted by Gasteiger charge is -2.31. The lowest BCUT2D eigenvalue weighted by Crippen LogP contribution is -2.36. The summed E-state index contributed by atoms with van der Waals surface area (Å²) >= 11 is 2.17. The van der Waals surface area contributed by atoms with E-state index in [2.05, 4.69) is 38.0 Å². The number of pyridine rings is 2. The average Bonchev–Trinajstić information content (AvgIpc) is 3.10. The Morgan fingerprint density at radius 1 is 1.13 bits per heavy atom. The van der Waals surface area contributed by atoms with Crippen molar-refractivity contribution in [2.75, 3.05) is 0 Å². The molecule has 5 rings (SSSR count). The molecule has 1 unspecified atom stereocenters. The van der Waals surface area contributed by atoms with E-state index in [9.17, 15) is 8.78 Å². The van der Waals surface area contributed by atoms with Crippen LogP contribution in [0.25, 0.3) is 22.0 Å². The number of nitrogens with one attached hydrogen (secondary N) is 1. The summed E-state index contributed by atoms with van der Waals surface area (Å²) in [6.07, 6.45) is 5.95. The molecule has 0 fully saturated rings. The van der Waals surface area contributed by atoms with Gasteiger partial charge in [0.2, 0.25) is 0 Å². The Labute approximate surface area is 190 Å². The number of hydrogen-bond acceptors (Lipinski definition) is 7. The maximum atomic E-state index is 14.0. The lowest BCUT2D eigenvalue weighted by atomic mass is 9.99. The van der Waals surface area contributed by atoms with E-state index >= 15 is 0 Å². The predicted octanol–water partition coefficient (Wildman–Crippen LogP) is 4.12. The van der Waals surface area contributed by atoms with E-state index in [0.717, 1.165) is 21.3 Å². The molecule has 2 aliphatic heterocycles. The Morgan fingerprint density at radius 3 is 2.77 bits per heavy atom. The third-order valence-electron chi connectivity index (χ3n) is 5.18. The van der Waals surface area contributed by atoms with Gasteiger partial charge in [0, 0.05) is 22.7 Å². The van der Waals surface area contributed by atoms with E-state index in [0.29, 0.717) is 27.7 Å². The molecule has 0 bridgehead atoms. The summed E-state index contributed by atoms with van der Waals surface area (Å²) in [6, 6.07) is 7.31. The highest BCUT2D eigenvalue weighted by molar-refractivity contribution is 14.1. The highest BCUT2D eigenvalue weighted by atomic mass is 127. The van der Waals surface area contributed by atoms with Gasteiger partial charge in [0.1, 0.15) is 33.1 Å². The number of hydrazine groups is 2. The predicted molar refractivity (Wildman–Crippen MR) is 122 cm³/mol. The number of benzene rings is 1. The smallest absolute Gasteiger partial charge is 0.142 e.